The summed E-state index contributed by atoms with van der Waals surface area (Å²) in [5, 5.41) is 6.04. The van der Waals surface area contributed by atoms with Crippen molar-refractivity contribution in [2.24, 2.45) is 10.7 Å². The van der Waals surface area contributed by atoms with Crippen molar-refractivity contribution in [2.45, 2.75) is 31.7 Å². The van der Waals surface area contributed by atoms with Crippen LogP contribution in [0.4, 0.5) is 24.5 Å². The second kappa shape index (κ2) is 10.4. The van der Waals surface area contributed by atoms with Crippen molar-refractivity contribution in [3.63, 3.8) is 0 Å². The van der Waals surface area contributed by atoms with E-state index in [9.17, 15) is 13.2 Å². The number of allylic oxidation sites excluding steroid dienone is 1. The number of nitrogens with two attached hydrogens (primary N) is 1. The molecule has 0 amide bonds. The van der Waals surface area contributed by atoms with Gasteiger partial charge < -0.3 is 15.5 Å². The summed E-state index contributed by atoms with van der Waals surface area (Å²) in [5.41, 5.74) is 7.36. The van der Waals surface area contributed by atoms with Gasteiger partial charge in [0, 0.05) is 38.1 Å². The predicted octanol–water partition coefficient (Wildman–Crippen LogP) is 4.29. The lowest BCUT2D eigenvalue weighted by Crippen LogP contribution is -2.52. The summed E-state index contributed by atoms with van der Waals surface area (Å²) in [6, 6.07) is 8.57. The molecule has 0 aliphatic carbocycles. The summed E-state index contributed by atoms with van der Waals surface area (Å²) in [6.07, 6.45) is 1.08. The van der Waals surface area contributed by atoms with E-state index in [0.29, 0.717) is 5.69 Å². The van der Waals surface area contributed by atoms with Crippen LogP contribution in [0.15, 0.2) is 58.4 Å². The van der Waals surface area contributed by atoms with Crippen LogP contribution >= 0.6 is 11.6 Å². The Labute approximate surface area is 207 Å². The van der Waals surface area contributed by atoms with Crippen LogP contribution in [0.25, 0.3) is 0 Å². The second-order valence-electron chi connectivity index (χ2n) is 8.66. The van der Waals surface area contributed by atoms with E-state index in [1.807, 2.05) is 6.07 Å². The van der Waals surface area contributed by atoms with E-state index in [1.165, 1.54) is 31.2 Å². The number of aromatic nitrogens is 1. The molecule has 1 fully saturated rings. The zero-order valence-corrected chi connectivity index (χ0v) is 20.2. The van der Waals surface area contributed by atoms with Crippen molar-refractivity contribution in [2.75, 3.05) is 42.9 Å². The van der Waals surface area contributed by atoms with Crippen LogP contribution < -0.4 is 21.3 Å². The molecule has 188 valence electrons. The molecular weight excluding hydrogens is 479 g/mol. The molecule has 0 bridgehead atoms. The maximum Gasteiger partial charge on any atom is 0.416 e. The molecular formula is C24H29ClF3N7. The number of nitrogens with zero attached hydrogens (tertiary/aromatic N) is 4. The number of anilines is 2. The highest BCUT2D eigenvalue weighted by Crippen LogP contribution is 2.32. The van der Waals surface area contributed by atoms with Gasteiger partial charge in [-0.15, -0.1) is 0 Å². The van der Waals surface area contributed by atoms with Crippen LogP contribution in [0.2, 0.25) is 0 Å². The standard InChI is InChI=1S/C24H29ClF3N7/c1-2-3-9-34-10-12-35(13-11-34)19-7-8-21(30-15-19)24(29)31-16-20(25)22(33-24)32-18-6-4-5-17(14-18)23(26,27)28/h4-8,14-16,32-33H,2-3,9-13,29H2,1H3. The summed E-state index contributed by atoms with van der Waals surface area (Å²) in [4.78, 5) is 13.6. The van der Waals surface area contributed by atoms with Gasteiger partial charge in [0.1, 0.15) is 11.5 Å². The van der Waals surface area contributed by atoms with Gasteiger partial charge in [0.05, 0.1) is 22.5 Å². The Kier molecular flexibility index (Phi) is 7.53. The zero-order valence-electron chi connectivity index (χ0n) is 19.4. The second-order valence-corrected chi connectivity index (χ2v) is 9.07. The number of piperazine rings is 1. The fourth-order valence-electron chi connectivity index (χ4n) is 4.05. The van der Waals surface area contributed by atoms with E-state index < -0.39 is 17.5 Å². The molecule has 2 aromatic rings. The maximum atomic E-state index is 13.1. The van der Waals surface area contributed by atoms with Crippen LogP contribution in [0, 0.1) is 0 Å². The van der Waals surface area contributed by atoms with E-state index in [1.54, 1.807) is 12.3 Å². The Hall–Kier alpha value is -2.82. The maximum absolute atomic E-state index is 13.1. The fourth-order valence-corrected chi connectivity index (χ4v) is 4.20. The number of hydrogen-bond donors (Lipinski definition) is 3. The number of halogens is 4. The van der Waals surface area contributed by atoms with Crippen molar-refractivity contribution in [3.8, 4) is 0 Å². The van der Waals surface area contributed by atoms with E-state index in [2.05, 4.69) is 37.3 Å². The molecule has 7 nitrogen and oxygen atoms in total. The molecule has 11 heteroatoms. The molecule has 0 spiro atoms. The van der Waals surface area contributed by atoms with E-state index >= 15 is 0 Å². The molecule has 1 aromatic heterocycles. The average Bonchev–Trinajstić information content (AvgIpc) is 2.85. The molecule has 2 aliphatic rings. The minimum atomic E-state index is -4.46. The first-order valence-corrected chi connectivity index (χ1v) is 12.0. The van der Waals surface area contributed by atoms with Crippen molar-refractivity contribution >= 4 is 29.2 Å². The highest BCUT2D eigenvalue weighted by atomic mass is 35.5. The molecule has 0 radical (unpaired) electrons. The third kappa shape index (κ3) is 6.06. The lowest BCUT2D eigenvalue weighted by Gasteiger charge is -2.36. The van der Waals surface area contributed by atoms with Gasteiger partial charge in [-0.25, -0.2) is 4.99 Å². The highest BCUT2D eigenvalue weighted by molar-refractivity contribution is 6.40. The Morgan fingerprint density at radius 2 is 1.94 bits per heavy atom. The molecule has 1 saturated heterocycles. The average molecular weight is 508 g/mol. The van der Waals surface area contributed by atoms with Crippen LogP contribution in [-0.4, -0.2) is 48.8 Å². The molecule has 1 aromatic carbocycles. The minimum Gasteiger partial charge on any atom is -0.368 e. The molecule has 2 aliphatic heterocycles. The van der Waals surface area contributed by atoms with Gasteiger partial charge in [-0.3, -0.25) is 15.6 Å². The quantitative estimate of drug-likeness (QED) is 0.519. The lowest BCUT2D eigenvalue weighted by atomic mass is 10.1. The number of aliphatic imine (C=N–C) groups is 1. The lowest BCUT2D eigenvalue weighted by molar-refractivity contribution is -0.137. The van der Waals surface area contributed by atoms with Crippen molar-refractivity contribution in [3.05, 3.63) is 64.7 Å². The van der Waals surface area contributed by atoms with Gasteiger partial charge in [-0.1, -0.05) is 31.0 Å². The number of benzene rings is 1. The number of nitrogens with one attached hydrogen (secondary N) is 2. The number of alkyl halides is 3. The molecule has 1 atom stereocenters. The van der Waals surface area contributed by atoms with E-state index in [4.69, 9.17) is 17.3 Å². The number of unbranched alkanes of at least 4 members (excludes halogenated alkanes) is 1. The van der Waals surface area contributed by atoms with Gasteiger partial charge in [0.2, 0.25) is 5.79 Å². The number of rotatable bonds is 7. The summed E-state index contributed by atoms with van der Waals surface area (Å²) < 4.78 is 39.2. The summed E-state index contributed by atoms with van der Waals surface area (Å²) >= 11 is 6.24. The Balaban J connectivity index is 1.43. The summed E-state index contributed by atoms with van der Waals surface area (Å²) in [7, 11) is 0. The van der Waals surface area contributed by atoms with Crippen molar-refractivity contribution in [1.82, 2.24) is 15.2 Å². The van der Waals surface area contributed by atoms with Gasteiger partial charge in [-0.05, 0) is 43.3 Å². The molecule has 35 heavy (non-hydrogen) atoms. The number of hydrogen-bond acceptors (Lipinski definition) is 7. The van der Waals surface area contributed by atoms with E-state index in [-0.39, 0.29) is 16.5 Å². The summed E-state index contributed by atoms with van der Waals surface area (Å²) in [5.74, 6) is -1.20. The SMILES string of the molecule is CCCCN1CCN(c2ccc(C3(N)N=CC(Cl)=C(Nc4cccc(C(F)(F)F)c4)N3)nc2)CC1. The Morgan fingerprint density at radius 1 is 1.17 bits per heavy atom. The first-order chi connectivity index (χ1) is 16.7. The van der Waals surface area contributed by atoms with Crippen LogP contribution in [0.5, 0.6) is 0 Å². The third-order valence-corrected chi connectivity index (χ3v) is 6.39. The predicted molar refractivity (Wildman–Crippen MR) is 133 cm³/mol. The topological polar surface area (TPSA) is 81.8 Å². The third-order valence-electron chi connectivity index (χ3n) is 6.10. The van der Waals surface area contributed by atoms with E-state index in [0.717, 1.165) is 50.5 Å². The van der Waals surface area contributed by atoms with Gasteiger partial charge >= 0.3 is 6.18 Å². The Morgan fingerprint density at radius 3 is 2.60 bits per heavy atom. The minimum absolute atomic E-state index is 0.182. The van der Waals surface area contributed by atoms with Crippen molar-refractivity contribution in [1.29, 1.82) is 0 Å². The monoisotopic (exact) mass is 507 g/mol. The first-order valence-electron chi connectivity index (χ1n) is 11.6. The highest BCUT2D eigenvalue weighted by Gasteiger charge is 2.33. The number of pyridine rings is 1. The summed E-state index contributed by atoms with van der Waals surface area (Å²) in [6.45, 7) is 7.22. The molecule has 3 heterocycles. The van der Waals surface area contributed by atoms with Gasteiger partial charge in [0.25, 0.3) is 0 Å². The molecule has 4 rings (SSSR count). The zero-order chi connectivity index (χ0) is 25.1. The van der Waals surface area contributed by atoms with Gasteiger partial charge in [0.15, 0.2) is 0 Å². The normalized spacial score (nSPS) is 21.3. The molecule has 1 unspecified atom stereocenters. The van der Waals surface area contributed by atoms with Crippen LogP contribution in [0.1, 0.15) is 31.0 Å². The Bertz CT molecular complexity index is 1080. The molecule has 4 N–H and O–H groups in total. The van der Waals surface area contributed by atoms with Crippen molar-refractivity contribution < 1.29 is 13.2 Å². The van der Waals surface area contributed by atoms with Gasteiger partial charge in [-0.2, -0.15) is 13.2 Å². The first kappa shape index (κ1) is 25.3. The smallest absolute Gasteiger partial charge is 0.368 e. The largest absolute Gasteiger partial charge is 0.416 e. The van der Waals surface area contributed by atoms with Crippen LogP contribution in [-0.2, 0) is 12.0 Å². The fraction of sp³-hybridized carbons (Fsp3) is 0.417. The van der Waals surface area contributed by atoms with Crippen LogP contribution in [0.3, 0.4) is 0 Å². The molecule has 0 saturated carbocycles.